The summed E-state index contributed by atoms with van der Waals surface area (Å²) in [6.07, 6.45) is -5.46. The van der Waals surface area contributed by atoms with Crippen LogP contribution in [0, 0.1) is 0 Å². The van der Waals surface area contributed by atoms with Gasteiger partial charge in [-0.15, -0.1) is 12.6 Å². The third-order valence-electron chi connectivity index (χ3n) is 2.19. The van der Waals surface area contributed by atoms with Crippen molar-refractivity contribution in [3.05, 3.63) is 0 Å². The first kappa shape index (κ1) is 12.2. The van der Waals surface area contributed by atoms with E-state index in [-0.39, 0.29) is 0 Å². The summed E-state index contributed by atoms with van der Waals surface area (Å²) in [5, 5.41) is 37.1. The zero-order chi connectivity index (χ0) is 10.9. The van der Waals surface area contributed by atoms with Gasteiger partial charge in [-0.3, -0.25) is 0 Å². The summed E-state index contributed by atoms with van der Waals surface area (Å²) in [4.78, 5) is -1.63. The lowest BCUT2D eigenvalue weighted by molar-refractivity contribution is -0.305. The summed E-state index contributed by atoms with van der Waals surface area (Å²) >= 11 is 3.88. The Balaban J connectivity index is 2.84. The average Bonchev–Trinajstić information content (AvgIpc) is 2.20. The highest BCUT2D eigenvalue weighted by Crippen LogP contribution is 2.32. The smallest absolute Gasteiger partial charge is 0.187 e. The third kappa shape index (κ3) is 1.89. The number of hydrogen-bond donors (Lipinski definition) is 5. The fraction of sp³-hybridized carbons (Fsp3) is 1.00. The number of aliphatic hydroxyl groups is 4. The quantitative estimate of drug-likeness (QED) is 0.339. The van der Waals surface area contributed by atoms with Crippen molar-refractivity contribution < 1.29 is 29.9 Å². The molecule has 0 amide bonds. The molecule has 0 radical (unpaired) electrons. The second-order valence-corrected chi connectivity index (χ2v) is 3.91. The van der Waals surface area contributed by atoms with Crippen LogP contribution in [0.25, 0.3) is 0 Å². The minimum absolute atomic E-state index is 0.610. The summed E-state index contributed by atoms with van der Waals surface area (Å²) in [7, 11) is 1.27. The molecule has 0 bridgehead atoms. The summed E-state index contributed by atoms with van der Waals surface area (Å²) < 4.78 is 9.72. The minimum Gasteiger partial charge on any atom is -0.392 e. The van der Waals surface area contributed by atoms with Gasteiger partial charge in [0.15, 0.2) is 11.2 Å². The van der Waals surface area contributed by atoms with Gasteiger partial charge >= 0.3 is 0 Å². The maximum Gasteiger partial charge on any atom is 0.187 e. The Hall–Kier alpha value is 0.110. The number of ether oxygens (including phenoxy) is 2. The van der Waals surface area contributed by atoms with E-state index in [1.807, 2.05) is 0 Å². The van der Waals surface area contributed by atoms with Gasteiger partial charge in [0.25, 0.3) is 0 Å². The maximum atomic E-state index is 9.45. The fourth-order valence-corrected chi connectivity index (χ4v) is 1.53. The Morgan fingerprint density at radius 2 is 1.93 bits per heavy atom. The zero-order valence-electron chi connectivity index (χ0n) is 7.57. The van der Waals surface area contributed by atoms with Gasteiger partial charge in [0.05, 0.1) is 6.61 Å². The molecule has 84 valence electrons. The lowest BCUT2D eigenvalue weighted by atomic mass is 9.99. The summed E-state index contributed by atoms with van der Waals surface area (Å²) in [6, 6.07) is 0. The molecule has 1 fully saturated rings. The molecule has 1 rings (SSSR count). The number of rotatable bonds is 2. The minimum atomic E-state index is -1.63. The van der Waals surface area contributed by atoms with Gasteiger partial charge in [0, 0.05) is 7.11 Å². The van der Waals surface area contributed by atoms with Crippen molar-refractivity contribution in [1.82, 2.24) is 0 Å². The molecule has 1 heterocycles. The first-order chi connectivity index (χ1) is 6.46. The van der Waals surface area contributed by atoms with Crippen LogP contribution in [-0.2, 0) is 9.47 Å². The van der Waals surface area contributed by atoms with Crippen LogP contribution in [0.2, 0.25) is 0 Å². The molecular weight excluding hydrogens is 212 g/mol. The maximum absolute atomic E-state index is 9.45. The monoisotopic (exact) mass is 226 g/mol. The van der Waals surface area contributed by atoms with Crippen LogP contribution < -0.4 is 0 Å². The first-order valence-corrected chi connectivity index (χ1v) is 4.49. The lowest BCUT2D eigenvalue weighted by Gasteiger charge is -2.44. The van der Waals surface area contributed by atoms with E-state index in [9.17, 15) is 15.3 Å². The predicted molar refractivity (Wildman–Crippen MR) is 48.7 cm³/mol. The predicted octanol–water partition coefficient (Wildman–Crippen LogP) is -2.31. The molecule has 14 heavy (non-hydrogen) atoms. The van der Waals surface area contributed by atoms with E-state index in [2.05, 4.69) is 12.6 Å². The van der Waals surface area contributed by atoms with Crippen LogP contribution in [0.15, 0.2) is 0 Å². The molecule has 0 aromatic carbocycles. The number of methoxy groups -OCH3 is 1. The van der Waals surface area contributed by atoms with Gasteiger partial charge < -0.3 is 29.9 Å². The molecule has 7 heteroatoms. The highest BCUT2D eigenvalue weighted by molar-refractivity contribution is 7.81. The topological polar surface area (TPSA) is 99.4 Å². The van der Waals surface area contributed by atoms with Crippen LogP contribution in [0.4, 0.5) is 0 Å². The van der Waals surface area contributed by atoms with Gasteiger partial charge in [-0.05, 0) is 0 Å². The molecule has 0 saturated carbocycles. The third-order valence-corrected chi connectivity index (χ3v) is 2.70. The van der Waals surface area contributed by atoms with Gasteiger partial charge in [-0.1, -0.05) is 0 Å². The van der Waals surface area contributed by atoms with Crippen LogP contribution >= 0.6 is 12.6 Å². The molecule has 0 spiro atoms. The molecule has 1 unspecified atom stereocenters. The van der Waals surface area contributed by atoms with E-state index in [1.165, 1.54) is 7.11 Å². The Labute approximate surface area is 86.5 Å². The molecule has 0 aromatic heterocycles. The van der Waals surface area contributed by atoms with Crippen molar-refractivity contribution in [1.29, 1.82) is 0 Å². The Morgan fingerprint density at radius 1 is 1.36 bits per heavy atom. The molecule has 0 aliphatic carbocycles. The molecule has 0 aromatic rings. The molecule has 1 aliphatic rings. The molecule has 4 N–H and O–H groups in total. The second kappa shape index (κ2) is 4.31. The number of thiol groups is 1. The van der Waals surface area contributed by atoms with Crippen molar-refractivity contribution in [3.8, 4) is 0 Å². The summed E-state index contributed by atoms with van der Waals surface area (Å²) in [6.45, 7) is -0.610. The van der Waals surface area contributed by atoms with E-state index < -0.39 is 36.1 Å². The van der Waals surface area contributed by atoms with Gasteiger partial charge in [0.1, 0.15) is 18.3 Å². The van der Waals surface area contributed by atoms with Crippen LogP contribution in [0.5, 0.6) is 0 Å². The molecule has 1 aliphatic heterocycles. The lowest BCUT2D eigenvalue weighted by Crippen LogP contribution is -2.63. The molecule has 5 atom stereocenters. The van der Waals surface area contributed by atoms with Gasteiger partial charge in [-0.25, -0.2) is 0 Å². The first-order valence-electron chi connectivity index (χ1n) is 4.04. The number of aliphatic hydroxyl groups excluding tert-OH is 4. The van der Waals surface area contributed by atoms with Crippen LogP contribution in [-0.4, -0.2) is 63.7 Å². The standard InChI is InChI=1S/C7H14O6S/c1-12-6-4(10)3(9)5(11)7(14,2-8)13-6/h3-6,8-11,14H,2H2,1H3/t3-,4+,5-,6+,7?/m1/s1. The van der Waals surface area contributed by atoms with Crippen molar-refractivity contribution >= 4 is 12.6 Å². The van der Waals surface area contributed by atoms with Crippen molar-refractivity contribution in [2.75, 3.05) is 13.7 Å². The Kier molecular flexibility index (Phi) is 3.75. The Morgan fingerprint density at radius 3 is 2.36 bits per heavy atom. The molecule has 6 nitrogen and oxygen atoms in total. The van der Waals surface area contributed by atoms with Crippen molar-refractivity contribution in [2.45, 2.75) is 29.5 Å². The van der Waals surface area contributed by atoms with E-state index >= 15 is 0 Å². The SMILES string of the molecule is CO[C@H]1OC(S)(CO)[C@H](O)[C@H](O)[C@@H]1O. The zero-order valence-corrected chi connectivity index (χ0v) is 8.46. The highest BCUT2D eigenvalue weighted by Gasteiger charge is 2.51. The van der Waals surface area contributed by atoms with Gasteiger partial charge in [0.2, 0.25) is 0 Å². The summed E-state index contributed by atoms with van der Waals surface area (Å²) in [5.41, 5.74) is 0. The average molecular weight is 226 g/mol. The van der Waals surface area contributed by atoms with E-state index in [0.29, 0.717) is 0 Å². The largest absolute Gasteiger partial charge is 0.392 e. The molecule has 1 saturated heterocycles. The summed E-state index contributed by atoms with van der Waals surface area (Å²) in [5.74, 6) is 0. The number of hydrogen-bond acceptors (Lipinski definition) is 7. The van der Waals surface area contributed by atoms with Gasteiger partial charge in [-0.2, -0.15) is 0 Å². The van der Waals surface area contributed by atoms with Crippen LogP contribution in [0.3, 0.4) is 0 Å². The second-order valence-electron chi connectivity index (χ2n) is 3.15. The van der Waals surface area contributed by atoms with Crippen molar-refractivity contribution in [2.24, 2.45) is 0 Å². The van der Waals surface area contributed by atoms with E-state index in [4.69, 9.17) is 14.6 Å². The highest BCUT2D eigenvalue weighted by atomic mass is 32.1. The molecular formula is C7H14O6S. The normalized spacial score (nSPS) is 49.3. The Bertz CT molecular complexity index is 201. The van der Waals surface area contributed by atoms with Crippen LogP contribution in [0.1, 0.15) is 0 Å². The van der Waals surface area contributed by atoms with Crippen molar-refractivity contribution in [3.63, 3.8) is 0 Å². The fourth-order valence-electron chi connectivity index (χ4n) is 1.27. The van der Waals surface area contributed by atoms with E-state index in [1.54, 1.807) is 0 Å². The van der Waals surface area contributed by atoms with E-state index in [0.717, 1.165) is 0 Å².